The number of likely N-dealkylation sites (N-methyl/N-ethyl adjacent to an activating group) is 1. The highest BCUT2D eigenvalue weighted by atomic mass is 16.3. The zero-order valence-electron chi connectivity index (χ0n) is 8.12. The molecule has 0 aromatic rings. The lowest BCUT2D eigenvalue weighted by Gasteiger charge is -2.17. The Morgan fingerprint density at radius 3 is 2.77 bits per heavy atom. The lowest BCUT2D eigenvalue weighted by molar-refractivity contribution is -0.122. The Bertz CT molecular complexity index is 141. The van der Waals surface area contributed by atoms with E-state index >= 15 is 0 Å². The van der Waals surface area contributed by atoms with Crippen LogP contribution in [0.2, 0.25) is 0 Å². The molecule has 0 rings (SSSR count). The summed E-state index contributed by atoms with van der Waals surface area (Å²) in [5.74, 6) is -0.0410. The molecule has 13 heavy (non-hydrogen) atoms. The minimum absolute atomic E-state index is 0.0410. The fourth-order valence-corrected chi connectivity index (χ4v) is 0.961. The predicted octanol–water partition coefficient (Wildman–Crippen LogP) is -1.62. The molecule has 4 N–H and O–H groups in total. The average molecular weight is 189 g/mol. The number of carbonyl (C=O) groups excluding carboxylic acids is 1. The second-order valence-electron chi connectivity index (χ2n) is 2.73. The molecule has 0 heterocycles. The summed E-state index contributed by atoms with van der Waals surface area (Å²) in [6.07, 6.45) is 0. The lowest BCUT2D eigenvalue weighted by atomic mass is 10.4. The van der Waals surface area contributed by atoms with Gasteiger partial charge in [-0.3, -0.25) is 9.69 Å². The van der Waals surface area contributed by atoms with Gasteiger partial charge in [-0.1, -0.05) is 6.92 Å². The number of nitrogens with one attached hydrogen (secondary N) is 1. The third-order valence-electron chi connectivity index (χ3n) is 1.70. The van der Waals surface area contributed by atoms with Crippen LogP contribution in [0.4, 0.5) is 0 Å². The Labute approximate surface area is 78.9 Å². The third kappa shape index (κ3) is 6.51. The van der Waals surface area contributed by atoms with Crippen molar-refractivity contribution in [1.82, 2.24) is 10.2 Å². The van der Waals surface area contributed by atoms with E-state index < -0.39 is 0 Å². The van der Waals surface area contributed by atoms with E-state index in [4.69, 9.17) is 10.8 Å². The zero-order chi connectivity index (χ0) is 10.1. The molecule has 0 unspecified atom stereocenters. The molecule has 0 fully saturated rings. The van der Waals surface area contributed by atoms with Crippen molar-refractivity contribution in [3.05, 3.63) is 0 Å². The maximum absolute atomic E-state index is 11.2. The lowest BCUT2D eigenvalue weighted by Crippen LogP contribution is -2.40. The molecule has 78 valence electrons. The fraction of sp³-hybridized carbons (Fsp3) is 0.875. The van der Waals surface area contributed by atoms with Crippen molar-refractivity contribution in [3.8, 4) is 0 Å². The molecule has 0 aromatic heterocycles. The number of aliphatic hydroxyl groups is 1. The van der Waals surface area contributed by atoms with Gasteiger partial charge < -0.3 is 16.2 Å². The molecule has 0 aliphatic carbocycles. The topological polar surface area (TPSA) is 78.6 Å². The smallest absolute Gasteiger partial charge is 0.234 e. The second kappa shape index (κ2) is 7.97. The highest BCUT2D eigenvalue weighted by molar-refractivity contribution is 5.77. The van der Waals surface area contributed by atoms with Crippen LogP contribution in [0.3, 0.4) is 0 Å². The largest absolute Gasteiger partial charge is 0.395 e. The number of nitrogens with two attached hydrogens (primary N) is 1. The Balaban J connectivity index is 3.60. The van der Waals surface area contributed by atoms with Crippen molar-refractivity contribution in [3.63, 3.8) is 0 Å². The molecule has 1 amide bonds. The number of aliphatic hydroxyl groups excluding tert-OH is 1. The maximum atomic E-state index is 11.2. The van der Waals surface area contributed by atoms with Crippen LogP contribution in [-0.4, -0.2) is 55.2 Å². The Morgan fingerprint density at radius 1 is 1.62 bits per heavy atom. The number of hydrogen-bond donors (Lipinski definition) is 3. The number of amides is 1. The van der Waals surface area contributed by atoms with Crippen molar-refractivity contribution in [2.24, 2.45) is 5.73 Å². The standard InChI is InChI=1S/C8H19N3O2/c1-2-11(5-6-12)7-8(13)10-4-3-9/h12H,2-7,9H2,1H3,(H,10,13). The summed E-state index contributed by atoms with van der Waals surface area (Å²) in [7, 11) is 0. The van der Waals surface area contributed by atoms with Crippen LogP contribution < -0.4 is 11.1 Å². The van der Waals surface area contributed by atoms with Crippen LogP contribution >= 0.6 is 0 Å². The fourth-order valence-electron chi connectivity index (χ4n) is 0.961. The highest BCUT2D eigenvalue weighted by Gasteiger charge is 2.06. The molecule has 0 saturated heterocycles. The van der Waals surface area contributed by atoms with Crippen LogP contribution in [0.15, 0.2) is 0 Å². The molecule has 0 saturated carbocycles. The summed E-state index contributed by atoms with van der Waals surface area (Å²) in [6, 6.07) is 0. The van der Waals surface area contributed by atoms with Crippen LogP contribution in [0.5, 0.6) is 0 Å². The summed E-state index contributed by atoms with van der Waals surface area (Å²) in [5, 5.41) is 11.3. The van der Waals surface area contributed by atoms with Crippen molar-refractivity contribution in [2.45, 2.75) is 6.92 Å². The summed E-state index contributed by atoms with van der Waals surface area (Å²) >= 11 is 0. The van der Waals surface area contributed by atoms with Gasteiger partial charge in [-0.05, 0) is 6.54 Å². The van der Waals surface area contributed by atoms with Crippen LogP contribution in [-0.2, 0) is 4.79 Å². The van der Waals surface area contributed by atoms with E-state index in [0.29, 0.717) is 26.2 Å². The number of carbonyl (C=O) groups is 1. The van der Waals surface area contributed by atoms with Gasteiger partial charge in [0.2, 0.25) is 5.91 Å². The first-order valence-electron chi connectivity index (χ1n) is 4.54. The second-order valence-corrected chi connectivity index (χ2v) is 2.73. The van der Waals surface area contributed by atoms with E-state index in [1.54, 1.807) is 0 Å². The average Bonchev–Trinajstić information content (AvgIpc) is 2.14. The molecular weight excluding hydrogens is 170 g/mol. The predicted molar refractivity (Wildman–Crippen MR) is 51.3 cm³/mol. The van der Waals surface area contributed by atoms with Crippen molar-refractivity contribution < 1.29 is 9.90 Å². The first-order valence-corrected chi connectivity index (χ1v) is 4.54. The first kappa shape index (κ1) is 12.3. The molecule has 0 spiro atoms. The Kier molecular flexibility index (Phi) is 7.57. The summed E-state index contributed by atoms with van der Waals surface area (Å²) in [5.41, 5.74) is 5.23. The van der Waals surface area contributed by atoms with E-state index in [0.717, 1.165) is 6.54 Å². The van der Waals surface area contributed by atoms with Crippen molar-refractivity contribution in [2.75, 3.05) is 39.3 Å². The zero-order valence-corrected chi connectivity index (χ0v) is 8.12. The molecule has 0 radical (unpaired) electrons. The van der Waals surface area contributed by atoms with E-state index in [2.05, 4.69) is 5.32 Å². The molecule has 0 aromatic carbocycles. The minimum atomic E-state index is -0.0410. The van der Waals surface area contributed by atoms with E-state index in [1.807, 2.05) is 11.8 Å². The van der Waals surface area contributed by atoms with Gasteiger partial charge in [0.05, 0.1) is 13.2 Å². The van der Waals surface area contributed by atoms with Gasteiger partial charge in [0.15, 0.2) is 0 Å². The van der Waals surface area contributed by atoms with Crippen molar-refractivity contribution in [1.29, 1.82) is 0 Å². The maximum Gasteiger partial charge on any atom is 0.234 e. The van der Waals surface area contributed by atoms with E-state index in [9.17, 15) is 4.79 Å². The molecular formula is C8H19N3O2. The van der Waals surface area contributed by atoms with E-state index in [-0.39, 0.29) is 12.5 Å². The molecule has 0 aliphatic rings. The van der Waals surface area contributed by atoms with Crippen molar-refractivity contribution >= 4 is 5.91 Å². The van der Waals surface area contributed by atoms with Crippen LogP contribution in [0.1, 0.15) is 6.92 Å². The summed E-state index contributed by atoms with van der Waals surface area (Å²) < 4.78 is 0. The van der Waals surface area contributed by atoms with Crippen LogP contribution in [0.25, 0.3) is 0 Å². The summed E-state index contributed by atoms with van der Waals surface area (Å²) in [4.78, 5) is 13.0. The van der Waals surface area contributed by atoms with Gasteiger partial charge in [0.1, 0.15) is 0 Å². The van der Waals surface area contributed by atoms with Gasteiger partial charge >= 0.3 is 0 Å². The summed E-state index contributed by atoms with van der Waals surface area (Å²) in [6.45, 7) is 4.62. The molecule has 0 bridgehead atoms. The molecule has 5 nitrogen and oxygen atoms in total. The van der Waals surface area contributed by atoms with Gasteiger partial charge in [-0.2, -0.15) is 0 Å². The molecule has 0 aliphatic heterocycles. The van der Waals surface area contributed by atoms with Gasteiger partial charge in [0, 0.05) is 19.6 Å². The van der Waals surface area contributed by atoms with Gasteiger partial charge in [-0.25, -0.2) is 0 Å². The first-order chi connectivity index (χ1) is 6.24. The molecule has 0 atom stereocenters. The normalized spacial score (nSPS) is 10.5. The quantitative estimate of drug-likeness (QED) is 0.449. The van der Waals surface area contributed by atoms with E-state index in [1.165, 1.54) is 0 Å². The highest BCUT2D eigenvalue weighted by Crippen LogP contribution is 1.85. The Hall–Kier alpha value is -0.650. The number of hydrogen-bond acceptors (Lipinski definition) is 4. The number of nitrogens with zero attached hydrogens (tertiary/aromatic N) is 1. The Morgan fingerprint density at radius 2 is 2.31 bits per heavy atom. The SMILES string of the molecule is CCN(CCO)CC(=O)NCCN. The number of rotatable bonds is 7. The third-order valence-corrected chi connectivity index (χ3v) is 1.70. The minimum Gasteiger partial charge on any atom is -0.395 e. The van der Waals surface area contributed by atoms with Gasteiger partial charge in [-0.15, -0.1) is 0 Å². The van der Waals surface area contributed by atoms with Gasteiger partial charge in [0.25, 0.3) is 0 Å². The monoisotopic (exact) mass is 189 g/mol. The van der Waals surface area contributed by atoms with Crippen LogP contribution in [0, 0.1) is 0 Å². The molecule has 5 heteroatoms.